The lowest BCUT2D eigenvalue weighted by Crippen LogP contribution is -2.25. The summed E-state index contributed by atoms with van der Waals surface area (Å²) in [5.41, 5.74) is 1.98. The van der Waals surface area contributed by atoms with Gasteiger partial charge in [-0.25, -0.2) is 4.98 Å². The van der Waals surface area contributed by atoms with Crippen molar-refractivity contribution in [3.63, 3.8) is 0 Å². The number of hydrogen-bond acceptors (Lipinski definition) is 4. The first kappa shape index (κ1) is 11.9. The van der Waals surface area contributed by atoms with Gasteiger partial charge in [0.2, 0.25) is 0 Å². The minimum Gasteiger partial charge on any atom is -0.443 e. The summed E-state index contributed by atoms with van der Waals surface area (Å²) in [6, 6.07) is 9.33. The van der Waals surface area contributed by atoms with Crippen LogP contribution >= 0.6 is 11.3 Å². The summed E-state index contributed by atoms with van der Waals surface area (Å²) < 4.78 is 5.18. The maximum Gasteiger partial charge on any atom is 0.251 e. The van der Waals surface area contributed by atoms with Gasteiger partial charge in [0.1, 0.15) is 5.52 Å². The highest BCUT2D eigenvalue weighted by atomic mass is 32.1. The number of hydrogen-bond donors (Lipinski definition) is 1. The van der Waals surface area contributed by atoms with Gasteiger partial charge in [-0.1, -0.05) is 6.07 Å². The number of aromatic nitrogens is 1. The number of rotatable bonds is 4. The molecule has 3 aromatic rings. The van der Waals surface area contributed by atoms with Crippen LogP contribution in [-0.4, -0.2) is 17.4 Å². The molecule has 0 spiro atoms. The SMILES string of the molecule is O=C(NCCc1cccs1)c1ccc2ncoc2c1. The molecular weight excluding hydrogens is 260 g/mol. The third kappa shape index (κ3) is 2.66. The minimum atomic E-state index is -0.0881. The number of carbonyl (C=O) groups excluding carboxylic acids is 1. The van der Waals surface area contributed by atoms with Gasteiger partial charge in [-0.05, 0) is 36.1 Å². The Bertz CT molecular complexity index is 688. The van der Waals surface area contributed by atoms with Crippen molar-refractivity contribution in [2.75, 3.05) is 6.54 Å². The molecule has 4 nitrogen and oxygen atoms in total. The van der Waals surface area contributed by atoms with Gasteiger partial charge in [0.25, 0.3) is 5.91 Å². The Morgan fingerprint density at radius 1 is 1.37 bits per heavy atom. The minimum absolute atomic E-state index is 0.0881. The normalized spacial score (nSPS) is 10.7. The summed E-state index contributed by atoms with van der Waals surface area (Å²) in [5.74, 6) is -0.0881. The molecule has 19 heavy (non-hydrogen) atoms. The predicted octanol–water partition coefficient (Wildman–Crippen LogP) is 2.86. The summed E-state index contributed by atoms with van der Waals surface area (Å²) in [4.78, 5) is 17.3. The molecule has 2 heterocycles. The number of thiophene rings is 1. The number of nitrogens with one attached hydrogen (secondary N) is 1. The average molecular weight is 272 g/mol. The second kappa shape index (κ2) is 5.24. The van der Waals surface area contributed by atoms with Crippen molar-refractivity contribution in [2.24, 2.45) is 0 Å². The Balaban J connectivity index is 1.63. The summed E-state index contributed by atoms with van der Waals surface area (Å²) >= 11 is 1.70. The van der Waals surface area contributed by atoms with Crippen LogP contribution in [0.1, 0.15) is 15.2 Å². The van der Waals surface area contributed by atoms with E-state index in [1.807, 2.05) is 11.4 Å². The third-order valence-electron chi connectivity index (χ3n) is 2.83. The van der Waals surface area contributed by atoms with E-state index in [2.05, 4.69) is 16.4 Å². The third-order valence-corrected chi connectivity index (χ3v) is 3.77. The number of fused-ring (bicyclic) bond motifs is 1. The first-order valence-electron chi connectivity index (χ1n) is 5.97. The average Bonchev–Trinajstić information content (AvgIpc) is 3.08. The molecule has 1 aromatic carbocycles. The summed E-state index contributed by atoms with van der Waals surface area (Å²) in [6.45, 7) is 0.633. The van der Waals surface area contributed by atoms with Crippen molar-refractivity contribution >= 4 is 28.3 Å². The first-order valence-corrected chi connectivity index (χ1v) is 6.85. The van der Waals surface area contributed by atoms with E-state index in [9.17, 15) is 4.79 Å². The van der Waals surface area contributed by atoms with E-state index >= 15 is 0 Å². The Morgan fingerprint density at radius 3 is 3.16 bits per heavy atom. The number of nitrogens with zero attached hydrogens (tertiary/aromatic N) is 1. The fraction of sp³-hybridized carbons (Fsp3) is 0.143. The van der Waals surface area contributed by atoms with Crippen LogP contribution in [-0.2, 0) is 6.42 Å². The van der Waals surface area contributed by atoms with Gasteiger partial charge in [0.05, 0.1) is 0 Å². The molecule has 3 rings (SSSR count). The summed E-state index contributed by atoms with van der Waals surface area (Å²) in [6.07, 6.45) is 2.23. The number of benzene rings is 1. The van der Waals surface area contributed by atoms with E-state index in [1.165, 1.54) is 11.3 Å². The van der Waals surface area contributed by atoms with Crippen LogP contribution in [0, 0.1) is 0 Å². The van der Waals surface area contributed by atoms with Gasteiger partial charge >= 0.3 is 0 Å². The van der Waals surface area contributed by atoms with E-state index in [-0.39, 0.29) is 5.91 Å². The molecule has 0 saturated heterocycles. The Morgan fingerprint density at radius 2 is 2.32 bits per heavy atom. The van der Waals surface area contributed by atoms with Crippen LogP contribution in [0.2, 0.25) is 0 Å². The van der Waals surface area contributed by atoms with Crippen LogP contribution in [0.5, 0.6) is 0 Å². The summed E-state index contributed by atoms with van der Waals surface area (Å²) in [5, 5.41) is 4.94. The molecule has 2 aromatic heterocycles. The molecule has 96 valence electrons. The van der Waals surface area contributed by atoms with Crippen molar-refractivity contribution in [1.29, 1.82) is 0 Å². The molecule has 0 fully saturated rings. The molecule has 0 radical (unpaired) electrons. The molecular formula is C14H12N2O2S. The Labute approximate surface area is 114 Å². The lowest BCUT2D eigenvalue weighted by molar-refractivity contribution is 0.0954. The smallest absolute Gasteiger partial charge is 0.251 e. The Hall–Kier alpha value is -2.14. The van der Waals surface area contributed by atoms with Gasteiger partial charge in [0, 0.05) is 17.0 Å². The fourth-order valence-electron chi connectivity index (χ4n) is 1.85. The summed E-state index contributed by atoms with van der Waals surface area (Å²) in [7, 11) is 0. The van der Waals surface area contributed by atoms with Gasteiger partial charge in [-0.2, -0.15) is 0 Å². The van der Waals surface area contributed by atoms with Crippen LogP contribution in [0.15, 0.2) is 46.5 Å². The van der Waals surface area contributed by atoms with Gasteiger partial charge in [-0.3, -0.25) is 4.79 Å². The highest BCUT2D eigenvalue weighted by Gasteiger charge is 2.07. The van der Waals surface area contributed by atoms with Crippen molar-refractivity contribution in [1.82, 2.24) is 10.3 Å². The second-order valence-corrected chi connectivity index (χ2v) is 5.15. The topological polar surface area (TPSA) is 55.1 Å². The van der Waals surface area contributed by atoms with Crippen molar-refractivity contribution in [3.8, 4) is 0 Å². The highest BCUT2D eigenvalue weighted by Crippen LogP contribution is 2.14. The lowest BCUT2D eigenvalue weighted by Gasteiger charge is -2.04. The molecule has 5 heteroatoms. The molecule has 0 unspecified atom stereocenters. The fourth-order valence-corrected chi connectivity index (χ4v) is 2.56. The molecule has 0 aliphatic rings. The molecule has 0 aliphatic heterocycles. The second-order valence-electron chi connectivity index (χ2n) is 4.12. The molecule has 0 aliphatic carbocycles. The zero-order chi connectivity index (χ0) is 13.1. The van der Waals surface area contributed by atoms with E-state index < -0.39 is 0 Å². The maximum atomic E-state index is 12.0. The van der Waals surface area contributed by atoms with E-state index in [0.29, 0.717) is 17.7 Å². The number of carbonyl (C=O) groups is 1. The van der Waals surface area contributed by atoms with E-state index in [4.69, 9.17) is 4.42 Å². The monoisotopic (exact) mass is 272 g/mol. The predicted molar refractivity (Wildman–Crippen MR) is 74.4 cm³/mol. The van der Waals surface area contributed by atoms with E-state index in [0.717, 1.165) is 11.9 Å². The van der Waals surface area contributed by atoms with Crippen LogP contribution < -0.4 is 5.32 Å². The lowest BCUT2D eigenvalue weighted by atomic mass is 10.2. The van der Waals surface area contributed by atoms with Crippen molar-refractivity contribution in [3.05, 3.63) is 52.5 Å². The zero-order valence-electron chi connectivity index (χ0n) is 10.1. The van der Waals surface area contributed by atoms with Crippen LogP contribution in [0.25, 0.3) is 11.1 Å². The molecule has 0 atom stereocenters. The largest absolute Gasteiger partial charge is 0.443 e. The zero-order valence-corrected chi connectivity index (χ0v) is 10.9. The maximum absolute atomic E-state index is 12.0. The quantitative estimate of drug-likeness (QED) is 0.794. The van der Waals surface area contributed by atoms with Gasteiger partial charge < -0.3 is 9.73 Å². The standard InChI is InChI=1S/C14H12N2O2S/c17-14(15-6-5-11-2-1-7-19-11)10-3-4-12-13(8-10)18-9-16-12/h1-4,7-9H,5-6H2,(H,15,17). The van der Waals surface area contributed by atoms with Crippen molar-refractivity contribution in [2.45, 2.75) is 6.42 Å². The van der Waals surface area contributed by atoms with Crippen LogP contribution in [0.3, 0.4) is 0 Å². The van der Waals surface area contributed by atoms with E-state index in [1.54, 1.807) is 29.5 Å². The van der Waals surface area contributed by atoms with Crippen LogP contribution in [0.4, 0.5) is 0 Å². The van der Waals surface area contributed by atoms with Gasteiger partial charge in [-0.15, -0.1) is 11.3 Å². The molecule has 1 N–H and O–H groups in total. The van der Waals surface area contributed by atoms with Crippen molar-refractivity contribution < 1.29 is 9.21 Å². The number of amides is 1. The molecule has 1 amide bonds. The van der Waals surface area contributed by atoms with Gasteiger partial charge in [0.15, 0.2) is 12.0 Å². The molecule has 0 bridgehead atoms. The Kier molecular flexibility index (Phi) is 3.29. The number of oxazole rings is 1. The molecule has 0 saturated carbocycles. The first-order chi connectivity index (χ1) is 9.33. The highest BCUT2D eigenvalue weighted by molar-refractivity contribution is 7.09.